The minimum absolute atomic E-state index is 0.0428. The number of aliphatic carboxylic acids is 1. The first-order valence-electron chi connectivity index (χ1n) is 6.46. The third kappa shape index (κ3) is 4.09. The second kappa shape index (κ2) is 6.94. The average molecular weight is 305 g/mol. The van der Waals surface area contributed by atoms with Crippen molar-refractivity contribution in [1.29, 1.82) is 0 Å². The Morgan fingerprint density at radius 2 is 2.19 bits per heavy atom. The SMILES string of the molecule is Cc1nc(-c2ccccn2)sc1C(=O)NCCCC(=O)O. The molecule has 0 saturated heterocycles. The molecule has 0 saturated carbocycles. The highest BCUT2D eigenvalue weighted by atomic mass is 32.1. The molecule has 110 valence electrons. The Hall–Kier alpha value is -2.28. The van der Waals surface area contributed by atoms with Crippen molar-refractivity contribution in [2.75, 3.05) is 6.54 Å². The Morgan fingerprint density at radius 3 is 2.86 bits per heavy atom. The van der Waals surface area contributed by atoms with Crippen molar-refractivity contribution >= 4 is 23.2 Å². The molecule has 0 fully saturated rings. The van der Waals surface area contributed by atoms with Crippen LogP contribution in [0.5, 0.6) is 0 Å². The second-order valence-corrected chi connectivity index (χ2v) is 5.40. The summed E-state index contributed by atoms with van der Waals surface area (Å²) < 4.78 is 0. The molecule has 21 heavy (non-hydrogen) atoms. The molecule has 0 aliphatic carbocycles. The van der Waals surface area contributed by atoms with Gasteiger partial charge in [0.25, 0.3) is 5.91 Å². The summed E-state index contributed by atoms with van der Waals surface area (Å²) in [6.45, 7) is 2.11. The van der Waals surface area contributed by atoms with E-state index in [1.165, 1.54) is 11.3 Å². The van der Waals surface area contributed by atoms with E-state index in [2.05, 4.69) is 15.3 Å². The van der Waals surface area contributed by atoms with Crippen molar-refractivity contribution in [3.8, 4) is 10.7 Å². The summed E-state index contributed by atoms with van der Waals surface area (Å²) in [5.41, 5.74) is 1.38. The van der Waals surface area contributed by atoms with E-state index < -0.39 is 5.97 Å². The Labute approximate surface area is 125 Å². The molecule has 7 heteroatoms. The maximum atomic E-state index is 12.0. The van der Waals surface area contributed by atoms with Gasteiger partial charge in [-0.1, -0.05) is 6.07 Å². The van der Waals surface area contributed by atoms with Crippen molar-refractivity contribution in [2.24, 2.45) is 0 Å². The van der Waals surface area contributed by atoms with E-state index in [-0.39, 0.29) is 12.3 Å². The van der Waals surface area contributed by atoms with Gasteiger partial charge in [-0.15, -0.1) is 11.3 Å². The topological polar surface area (TPSA) is 92.2 Å². The van der Waals surface area contributed by atoms with Gasteiger partial charge in [-0.25, -0.2) is 4.98 Å². The van der Waals surface area contributed by atoms with Gasteiger partial charge >= 0.3 is 5.97 Å². The van der Waals surface area contributed by atoms with Gasteiger partial charge in [-0.2, -0.15) is 0 Å². The van der Waals surface area contributed by atoms with E-state index in [1.54, 1.807) is 13.1 Å². The molecule has 1 amide bonds. The number of hydrogen-bond acceptors (Lipinski definition) is 5. The Balaban J connectivity index is 2.02. The van der Waals surface area contributed by atoms with Crippen molar-refractivity contribution in [2.45, 2.75) is 19.8 Å². The zero-order valence-corrected chi connectivity index (χ0v) is 12.3. The zero-order chi connectivity index (χ0) is 15.2. The molecule has 0 unspecified atom stereocenters. The van der Waals surface area contributed by atoms with Gasteiger partial charge < -0.3 is 10.4 Å². The quantitative estimate of drug-likeness (QED) is 0.797. The second-order valence-electron chi connectivity index (χ2n) is 4.40. The van der Waals surface area contributed by atoms with Crippen LogP contribution in [0.15, 0.2) is 24.4 Å². The van der Waals surface area contributed by atoms with Gasteiger partial charge in [0.05, 0.1) is 11.4 Å². The highest BCUT2D eigenvalue weighted by molar-refractivity contribution is 7.17. The lowest BCUT2D eigenvalue weighted by atomic mass is 10.3. The highest BCUT2D eigenvalue weighted by Crippen LogP contribution is 2.26. The van der Waals surface area contributed by atoms with Crippen LogP contribution in [0.1, 0.15) is 28.2 Å². The standard InChI is InChI=1S/C14H15N3O3S/c1-9-12(13(20)16-8-4-6-11(18)19)21-14(17-9)10-5-2-3-7-15-10/h2-3,5,7H,4,6,8H2,1H3,(H,16,20)(H,18,19). The molecule has 6 nitrogen and oxygen atoms in total. The lowest BCUT2D eigenvalue weighted by molar-refractivity contribution is -0.137. The number of carboxylic acids is 1. The largest absolute Gasteiger partial charge is 0.481 e. The maximum Gasteiger partial charge on any atom is 0.303 e. The van der Waals surface area contributed by atoms with Crippen LogP contribution in [-0.4, -0.2) is 33.5 Å². The molecular weight excluding hydrogens is 290 g/mol. The van der Waals surface area contributed by atoms with Crippen LogP contribution in [0.25, 0.3) is 10.7 Å². The number of nitrogens with one attached hydrogen (secondary N) is 1. The number of aryl methyl sites for hydroxylation is 1. The fourth-order valence-corrected chi connectivity index (χ4v) is 2.69. The fraction of sp³-hybridized carbons (Fsp3) is 0.286. The molecule has 0 bridgehead atoms. The number of aromatic nitrogens is 2. The lowest BCUT2D eigenvalue weighted by Crippen LogP contribution is -2.24. The van der Waals surface area contributed by atoms with E-state index in [4.69, 9.17) is 5.11 Å². The number of carbonyl (C=O) groups excluding carboxylic acids is 1. The van der Waals surface area contributed by atoms with E-state index in [1.807, 2.05) is 18.2 Å². The summed E-state index contributed by atoms with van der Waals surface area (Å²) in [6, 6.07) is 5.53. The summed E-state index contributed by atoms with van der Waals surface area (Å²) in [6.07, 6.45) is 2.13. The minimum atomic E-state index is -0.865. The first-order chi connectivity index (χ1) is 10.1. The van der Waals surface area contributed by atoms with Crippen LogP contribution >= 0.6 is 11.3 Å². The number of pyridine rings is 1. The van der Waals surface area contributed by atoms with Gasteiger partial charge in [0.2, 0.25) is 0 Å². The van der Waals surface area contributed by atoms with E-state index in [0.29, 0.717) is 28.5 Å². The van der Waals surface area contributed by atoms with E-state index in [9.17, 15) is 9.59 Å². The normalized spacial score (nSPS) is 10.3. The number of thiazole rings is 1. The third-order valence-corrected chi connectivity index (χ3v) is 3.92. The number of hydrogen-bond donors (Lipinski definition) is 2. The molecule has 2 heterocycles. The molecule has 2 rings (SSSR count). The molecule has 2 N–H and O–H groups in total. The van der Waals surface area contributed by atoms with Crippen LogP contribution in [0.3, 0.4) is 0 Å². The smallest absolute Gasteiger partial charge is 0.303 e. The van der Waals surface area contributed by atoms with Crippen LogP contribution in [0.4, 0.5) is 0 Å². The fourth-order valence-electron chi connectivity index (χ4n) is 1.73. The minimum Gasteiger partial charge on any atom is -0.481 e. The number of amides is 1. The summed E-state index contributed by atoms with van der Waals surface area (Å²) in [4.78, 5) is 31.5. The van der Waals surface area contributed by atoms with Crippen molar-refractivity contribution in [3.05, 3.63) is 35.0 Å². The van der Waals surface area contributed by atoms with Crippen LogP contribution in [-0.2, 0) is 4.79 Å². The number of rotatable bonds is 6. The van der Waals surface area contributed by atoms with Crippen molar-refractivity contribution < 1.29 is 14.7 Å². The summed E-state index contributed by atoms with van der Waals surface area (Å²) in [5, 5.41) is 11.9. The van der Waals surface area contributed by atoms with Crippen molar-refractivity contribution in [1.82, 2.24) is 15.3 Å². The molecular formula is C14H15N3O3S. The first kappa shape index (κ1) is 15.1. The molecule has 2 aromatic heterocycles. The predicted octanol–water partition coefficient (Wildman–Crippen LogP) is 2.11. The lowest BCUT2D eigenvalue weighted by Gasteiger charge is -2.02. The Bertz CT molecular complexity index is 640. The third-order valence-electron chi connectivity index (χ3n) is 2.74. The number of nitrogens with zero attached hydrogens (tertiary/aromatic N) is 2. The highest BCUT2D eigenvalue weighted by Gasteiger charge is 2.16. The van der Waals surface area contributed by atoms with Gasteiger partial charge in [0, 0.05) is 19.2 Å². The van der Waals surface area contributed by atoms with Gasteiger partial charge in [-0.05, 0) is 25.5 Å². The van der Waals surface area contributed by atoms with Crippen LogP contribution < -0.4 is 5.32 Å². The molecule has 0 spiro atoms. The predicted molar refractivity (Wildman–Crippen MR) is 79.3 cm³/mol. The van der Waals surface area contributed by atoms with Crippen LogP contribution in [0, 0.1) is 6.92 Å². The molecule has 0 aliphatic heterocycles. The van der Waals surface area contributed by atoms with E-state index in [0.717, 1.165) is 5.69 Å². The average Bonchev–Trinajstić information content (AvgIpc) is 2.86. The summed E-state index contributed by atoms with van der Waals surface area (Å²) in [5.74, 6) is -1.09. The number of carbonyl (C=O) groups is 2. The molecule has 0 radical (unpaired) electrons. The Morgan fingerprint density at radius 1 is 1.38 bits per heavy atom. The molecule has 0 aliphatic rings. The zero-order valence-electron chi connectivity index (χ0n) is 11.5. The molecule has 2 aromatic rings. The summed E-state index contributed by atoms with van der Waals surface area (Å²) >= 11 is 1.28. The first-order valence-corrected chi connectivity index (χ1v) is 7.28. The van der Waals surface area contributed by atoms with Crippen LogP contribution in [0.2, 0.25) is 0 Å². The molecule has 0 aromatic carbocycles. The summed E-state index contributed by atoms with van der Waals surface area (Å²) in [7, 11) is 0. The van der Waals surface area contributed by atoms with Gasteiger partial charge in [0.15, 0.2) is 0 Å². The van der Waals surface area contributed by atoms with Crippen molar-refractivity contribution in [3.63, 3.8) is 0 Å². The Kier molecular flexibility index (Phi) is 4.99. The van der Waals surface area contributed by atoms with Gasteiger partial charge in [0.1, 0.15) is 9.88 Å². The van der Waals surface area contributed by atoms with E-state index >= 15 is 0 Å². The maximum absolute atomic E-state index is 12.0. The number of carboxylic acid groups (broad SMARTS) is 1. The monoisotopic (exact) mass is 305 g/mol. The molecule has 0 atom stereocenters. The van der Waals surface area contributed by atoms with Gasteiger partial charge in [-0.3, -0.25) is 14.6 Å².